The van der Waals surface area contributed by atoms with E-state index in [1.54, 1.807) is 12.4 Å². The van der Waals surface area contributed by atoms with Crippen molar-refractivity contribution in [2.45, 2.75) is 116 Å². The monoisotopic (exact) mass is 657 g/mol. The van der Waals surface area contributed by atoms with Gasteiger partial charge in [-0.1, -0.05) is 90.0 Å². The summed E-state index contributed by atoms with van der Waals surface area (Å²) in [5.41, 5.74) is 0.452. The fourth-order valence-corrected chi connectivity index (χ4v) is 6.32. The number of aliphatic hydroxyl groups excluding tert-OH is 2. The summed E-state index contributed by atoms with van der Waals surface area (Å²) in [5.74, 6) is 0. The van der Waals surface area contributed by atoms with Crippen molar-refractivity contribution in [1.29, 1.82) is 0 Å². The number of aliphatic hydroxyl groups is 2. The maximum atomic E-state index is 10.3. The SMILES string of the molecule is CCCCCCCCCCCCCCCC[n+]1cccc(C2OCC(CO)(COCC3(CO)COC(c4cccnc4)OC3)CO2)c1. The van der Waals surface area contributed by atoms with Crippen molar-refractivity contribution in [3.8, 4) is 0 Å². The molecule has 0 atom stereocenters. The van der Waals surface area contributed by atoms with E-state index in [-0.39, 0.29) is 39.6 Å². The second-order valence-corrected chi connectivity index (χ2v) is 14.0. The van der Waals surface area contributed by atoms with Gasteiger partial charge in [0.1, 0.15) is 6.54 Å². The van der Waals surface area contributed by atoms with Crippen molar-refractivity contribution in [3.05, 3.63) is 60.2 Å². The molecule has 2 saturated heterocycles. The molecule has 4 rings (SSSR count). The third-order valence-corrected chi connectivity index (χ3v) is 9.53. The van der Waals surface area contributed by atoms with E-state index in [2.05, 4.69) is 28.9 Å². The Morgan fingerprint density at radius 3 is 1.68 bits per heavy atom. The topological polar surface area (TPSA) is 103 Å². The Bertz CT molecular complexity index is 1090. The van der Waals surface area contributed by atoms with Crippen molar-refractivity contribution >= 4 is 0 Å². The lowest BCUT2D eigenvalue weighted by Crippen LogP contribution is -2.48. The van der Waals surface area contributed by atoms with E-state index in [0.717, 1.165) is 17.7 Å². The largest absolute Gasteiger partial charge is 0.396 e. The van der Waals surface area contributed by atoms with Crippen LogP contribution in [0.25, 0.3) is 0 Å². The van der Waals surface area contributed by atoms with E-state index in [4.69, 9.17) is 23.7 Å². The van der Waals surface area contributed by atoms with Crippen LogP contribution in [0.1, 0.15) is 121 Å². The van der Waals surface area contributed by atoms with Gasteiger partial charge in [0.15, 0.2) is 25.0 Å². The Hall–Kier alpha value is -1.98. The van der Waals surface area contributed by atoms with E-state index in [0.29, 0.717) is 13.2 Å². The lowest BCUT2D eigenvalue weighted by Gasteiger charge is -2.41. The zero-order valence-electron chi connectivity index (χ0n) is 28.9. The molecule has 9 nitrogen and oxygen atoms in total. The van der Waals surface area contributed by atoms with Gasteiger partial charge in [-0.05, 0) is 18.6 Å². The molecule has 2 N–H and O–H groups in total. The highest BCUT2D eigenvalue weighted by Crippen LogP contribution is 2.34. The molecule has 47 heavy (non-hydrogen) atoms. The van der Waals surface area contributed by atoms with E-state index >= 15 is 0 Å². The first-order valence-electron chi connectivity index (χ1n) is 18.3. The van der Waals surface area contributed by atoms with Crippen LogP contribution < -0.4 is 4.57 Å². The number of aromatic nitrogens is 2. The van der Waals surface area contributed by atoms with Crippen molar-refractivity contribution < 1.29 is 38.5 Å². The third kappa shape index (κ3) is 12.8. The van der Waals surface area contributed by atoms with Gasteiger partial charge in [0, 0.05) is 30.4 Å². The third-order valence-electron chi connectivity index (χ3n) is 9.53. The Kier molecular flexibility index (Phi) is 17.0. The molecule has 0 aliphatic carbocycles. The minimum atomic E-state index is -0.682. The maximum Gasteiger partial charge on any atom is 0.189 e. The number of rotatable bonds is 23. The Labute approximate surface area is 283 Å². The number of aryl methyl sites for hydroxylation is 1. The summed E-state index contributed by atoms with van der Waals surface area (Å²) in [7, 11) is 0. The highest BCUT2D eigenvalue weighted by atomic mass is 16.7. The number of hydrogen-bond donors (Lipinski definition) is 2. The van der Waals surface area contributed by atoms with Gasteiger partial charge in [0.05, 0.1) is 69.2 Å². The molecule has 264 valence electrons. The van der Waals surface area contributed by atoms with Gasteiger partial charge in [-0.15, -0.1) is 0 Å². The summed E-state index contributed by atoms with van der Waals surface area (Å²) in [6.07, 6.45) is 25.7. The summed E-state index contributed by atoms with van der Waals surface area (Å²) >= 11 is 0. The molecule has 0 amide bonds. The lowest BCUT2D eigenvalue weighted by atomic mass is 9.89. The first kappa shape index (κ1) is 37.8. The zero-order chi connectivity index (χ0) is 33.0. The van der Waals surface area contributed by atoms with Crippen LogP contribution in [-0.2, 0) is 30.2 Å². The molecule has 0 unspecified atom stereocenters. The average Bonchev–Trinajstić information content (AvgIpc) is 3.13. The van der Waals surface area contributed by atoms with Crippen LogP contribution in [0.5, 0.6) is 0 Å². The van der Waals surface area contributed by atoms with Crippen molar-refractivity contribution in [2.24, 2.45) is 10.8 Å². The predicted molar refractivity (Wildman–Crippen MR) is 180 cm³/mol. The van der Waals surface area contributed by atoms with Crippen molar-refractivity contribution in [2.75, 3.05) is 52.9 Å². The Morgan fingerprint density at radius 2 is 1.19 bits per heavy atom. The molecule has 2 aromatic rings. The molecule has 0 saturated carbocycles. The van der Waals surface area contributed by atoms with Crippen molar-refractivity contribution in [3.63, 3.8) is 0 Å². The molecule has 2 aromatic heterocycles. The molecule has 0 aromatic carbocycles. The molecule has 0 radical (unpaired) electrons. The van der Waals surface area contributed by atoms with Crippen LogP contribution in [0.4, 0.5) is 0 Å². The molecule has 2 fully saturated rings. The van der Waals surface area contributed by atoms with Gasteiger partial charge >= 0.3 is 0 Å². The Morgan fingerprint density at radius 1 is 0.702 bits per heavy atom. The molecule has 2 aliphatic rings. The average molecular weight is 658 g/mol. The summed E-state index contributed by atoms with van der Waals surface area (Å²) in [6.45, 7) is 4.66. The summed E-state index contributed by atoms with van der Waals surface area (Å²) < 4.78 is 32.4. The molecular weight excluding hydrogens is 596 g/mol. The fourth-order valence-electron chi connectivity index (χ4n) is 6.32. The van der Waals surface area contributed by atoms with Gasteiger partial charge in [0.2, 0.25) is 0 Å². The van der Waals surface area contributed by atoms with Gasteiger partial charge in [0.25, 0.3) is 0 Å². The summed E-state index contributed by atoms with van der Waals surface area (Å²) in [4.78, 5) is 4.12. The second kappa shape index (κ2) is 21.2. The highest BCUT2D eigenvalue weighted by Gasteiger charge is 2.41. The van der Waals surface area contributed by atoms with E-state index in [1.165, 1.54) is 89.9 Å². The second-order valence-electron chi connectivity index (χ2n) is 14.0. The normalized spacial score (nSPS) is 24.8. The molecule has 0 spiro atoms. The standard InChI is InChI=1S/C38H61N2O7/c1-2-3-4-5-6-7-8-9-10-11-12-13-14-15-21-40-22-17-19-34(24-40)36-46-31-38(26-42,32-47-36)28-43-27-37(25-41)29-44-35(45-30-37)33-18-16-20-39-23-33/h16-20,22-24,35-36,41-42H,2-15,21,25-32H2,1H3/q+1. The quantitative estimate of drug-likeness (QED) is 0.102. The fraction of sp³-hybridized carbons (Fsp3) is 0.737. The van der Waals surface area contributed by atoms with Gasteiger partial charge < -0.3 is 33.9 Å². The number of ether oxygens (including phenoxy) is 5. The lowest BCUT2D eigenvalue weighted by molar-refractivity contribution is -0.698. The van der Waals surface area contributed by atoms with Crippen LogP contribution in [-0.4, -0.2) is 68.1 Å². The van der Waals surface area contributed by atoms with E-state index < -0.39 is 23.4 Å². The first-order chi connectivity index (χ1) is 23.1. The minimum absolute atomic E-state index is 0.129. The maximum absolute atomic E-state index is 10.3. The van der Waals surface area contributed by atoms with E-state index in [9.17, 15) is 10.2 Å². The van der Waals surface area contributed by atoms with Gasteiger partial charge in [-0.25, -0.2) is 4.57 Å². The van der Waals surface area contributed by atoms with Crippen LogP contribution in [0, 0.1) is 10.8 Å². The summed E-state index contributed by atoms with van der Waals surface area (Å²) in [6, 6.07) is 7.81. The van der Waals surface area contributed by atoms with Gasteiger partial charge in [-0.2, -0.15) is 0 Å². The number of unbranched alkanes of at least 4 members (excludes halogenated alkanes) is 13. The molecule has 4 heterocycles. The number of pyridine rings is 2. The minimum Gasteiger partial charge on any atom is -0.396 e. The smallest absolute Gasteiger partial charge is 0.189 e. The molecule has 2 aliphatic heterocycles. The number of hydrogen-bond acceptors (Lipinski definition) is 8. The highest BCUT2D eigenvalue weighted by molar-refractivity contribution is 5.11. The van der Waals surface area contributed by atoms with Gasteiger partial charge in [-0.3, -0.25) is 4.98 Å². The molecule has 0 bridgehead atoms. The Balaban J connectivity index is 1.09. The zero-order valence-corrected chi connectivity index (χ0v) is 28.9. The van der Waals surface area contributed by atoms with Crippen LogP contribution in [0.15, 0.2) is 49.1 Å². The summed E-state index contributed by atoms with van der Waals surface area (Å²) in [5, 5.41) is 20.4. The molecular formula is C38H61N2O7+. The van der Waals surface area contributed by atoms with Crippen molar-refractivity contribution in [1.82, 2.24) is 4.98 Å². The van der Waals surface area contributed by atoms with Crippen LogP contribution >= 0.6 is 0 Å². The van der Waals surface area contributed by atoms with Crippen LogP contribution in [0.3, 0.4) is 0 Å². The molecule has 9 heteroatoms. The first-order valence-corrected chi connectivity index (χ1v) is 18.3. The predicted octanol–water partition coefficient (Wildman–Crippen LogP) is 6.62. The van der Waals surface area contributed by atoms with Crippen LogP contribution in [0.2, 0.25) is 0 Å². The van der Waals surface area contributed by atoms with E-state index in [1.807, 2.05) is 24.3 Å². The number of nitrogens with zero attached hydrogens (tertiary/aromatic N) is 2.